The molecule has 1 unspecified atom stereocenters. The number of nitrogens with two attached hydrogens (primary N) is 1. The van der Waals surface area contributed by atoms with Crippen LogP contribution in [0.15, 0.2) is 18.2 Å². The minimum absolute atomic E-state index is 0.00453. The highest BCUT2D eigenvalue weighted by Crippen LogP contribution is 2.17. The van der Waals surface area contributed by atoms with E-state index in [1.54, 1.807) is 18.0 Å². The number of hydrogen-bond acceptors (Lipinski definition) is 3. The average molecular weight is 261 g/mol. The van der Waals surface area contributed by atoms with Gasteiger partial charge in [0, 0.05) is 31.7 Å². The number of carbonyl (C=O) groups is 2. The third kappa shape index (κ3) is 2.86. The molecule has 1 atom stereocenters. The standard InChI is InChI=1S/C14H19N3O2/c1-9-4-3-5-11(13(9)15)14(19)16-10-6-7-12(18)17(2)8-10/h3-5,10H,6-8,15H2,1-2H3,(H,16,19). The van der Waals surface area contributed by atoms with Crippen molar-refractivity contribution in [1.29, 1.82) is 0 Å². The molecule has 19 heavy (non-hydrogen) atoms. The van der Waals surface area contributed by atoms with Gasteiger partial charge in [-0.15, -0.1) is 0 Å². The molecule has 0 spiro atoms. The summed E-state index contributed by atoms with van der Waals surface area (Å²) < 4.78 is 0. The van der Waals surface area contributed by atoms with Gasteiger partial charge in [0.05, 0.1) is 5.56 Å². The van der Waals surface area contributed by atoms with Crippen molar-refractivity contribution >= 4 is 17.5 Å². The summed E-state index contributed by atoms with van der Waals surface area (Å²) in [6.45, 7) is 2.43. The Balaban J connectivity index is 2.05. The van der Waals surface area contributed by atoms with E-state index in [-0.39, 0.29) is 17.9 Å². The second-order valence-electron chi connectivity index (χ2n) is 5.02. The fraction of sp³-hybridized carbons (Fsp3) is 0.429. The van der Waals surface area contributed by atoms with Crippen LogP contribution in [0.4, 0.5) is 5.69 Å². The molecule has 0 bridgehead atoms. The summed E-state index contributed by atoms with van der Waals surface area (Å²) in [5.41, 5.74) is 7.82. The number of para-hydroxylation sites is 1. The van der Waals surface area contributed by atoms with Crippen molar-refractivity contribution in [3.63, 3.8) is 0 Å². The molecule has 0 saturated carbocycles. The number of hydrogen-bond donors (Lipinski definition) is 2. The lowest BCUT2D eigenvalue weighted by atomic mass is 10.0. The Morgan fingerprint density at radius 3 is 2.89 bits per heavy atom. The third-order valence-corrected chi connectivity index (χ3v) is 3.53. The largest absolute Gasteiger partial charge is 0.398 e. The van der Waals surface area contributed by atoms with Crippen LogP contribution < -0.4 is 11.1 Å². The zero-order valence-electron chi connectivity index (χ0n) is 11.3. The molecule has 1 aliphatic heterocycles. The molecule has 2 rings (SSSR count). The minimum atomic E-state index is -0.172. The Hall–Kier alpha value is -2.04. The maximum atomic E-state index is 12.2. The first kappa shape index (κ1) is 13.4. The van der Waals surface area contributed by atoms with Gasteiger partial charge in [-0.2, -0.15) is 0 Å². The second-order valence-corrected chi connectivity index (χ2v) is 5.02. The number of amides is 2. The van der Waals surface area contributed by atoms with Gasteiger partial charge >= 0.3 is 0 Å². The van der Waals surface area contributed by atoms with Crippen molar-refractivity contribution < 1.29 is 9.59 Å². The summed E-state index contributed by atoms with van der Waals surface area (Å²) >= 11 is 0. The number of rotatable bonds is 2. The maximum absolute atomic E-state index is 12.2. The lowest BCUT2D eigenvalue weighted by Crippen LogP contribution is -2.48. The summed E-state index contributed by atoms with van der Waals surface area (Å²) in [5.74, 6) is -0.0467. The Morgan fingerprint density at radius 1 is 1.47 bits per heavy atom. The molecule has 0 radical (unpaired) electrons. The normalized spacial score (nSPS) is 19.4. The van der Waals surface area contributed by atoms with Crippen LogP contribution in [0.1, 0.15) is 28.8 Å². The molecule has 2 amide bonds. The quantitative estimate of drug-likeness (QED) is 0.778. The van der Waals surface area contributed by atoms with Crippen LogP contribution in [0.25, 0.3) is 0 Å². The molecule has 0 aliphatic carbocycles. The number of nitrogens with zero attached hydrogens (tertiary/aromatic N) is 1. The van der Waals surface area contributed by atoms with Crippen molar-refractivity contribution in [1.82, 2.24) is 10.2 Å². The topological polar surface area (TPSA) is 75.4 Å². The van der Waals surface area contributed by atoms with Gasteiger partial charge in [0.25, 0.3) is 5.91 Å². The van der Waals surface area contributed by atoms with Gasteiger partial charge in [0.1, 0.15) is 0 Å². The molecule has 0 aromatic heterocycles. The Labute approximate surface area is 112 Å². The monoisotopic (exact) mass is 261 g/mol. The molecule has 102 valence electrons. The number of carbonyl (C=O) groups excluding carboxylic acids is 2. The number of anilines is 1. The third-order valence-electron chi connectivity index (χ3n) is 3.53. The average Bonchev–Trinajstić information content (AvgIpc) is 2.37. The highest BCUT2D eigenvalue weighted by atomic mass is 16.2. The SMILES string of the molecule is Cc1cccc(C(=O)NC2CCC(=O)N(C)C2)c1N. The van der Waals surface area contributed by atoms with E-state index in [9.17, 15) is 9.59 Å². The van der Waals surface area contributed by atoms with Gasteiger partial charge in [-0.1, -0.05) is 12.1 Å². The number of piperidine rings is 1. The van der Waals surface area contributed by atoms with Crippen LogP contribution in [-0.2, 0) is 4.79 Å². The summed E-state index contributed by atoms with van der Waals surface area (Å²) in [6, 6.07) is 5.40. The molecule has 1 fully saturated rings. The molecule has 1 aromatic carbocycles. The van der Waals surface area contributed by atoms with E-state index in [2.05, 4.69) is 5.32 Å². The van der Waals surface area contributed by atoms with Crippen molar-refractivity contribution in [3.8, 4) is 0 Å². The van der Waals surface area contributed by atoms with Crippen molar-refractivity contribution in [3.05, 3.63) is 29.3 Å². The van der Waals surface area contributed by atoms with E-state index < -0.39 is 0 Å². The Morgan fingerprint density at radius 2 is 2.21 bits per heavy atom. The van der Waals surface area contributed by atoms with E-state index in [0.717, 1.165) is 5.56 Å². The summed E-state index contributed by atoms with van der Waals surface area (Å²) in [5, 5.41) is 2.94. The fourth-order valence-corrected chi connectivity index (χ4v) is 2.27. The fourth-order valence-electron chi connectivity index (χ4n) is 2.27. The van der Waals surface area contributed by atoms with Crippen LogP contribution in [0.2, 0.25) is 0 Å². The Bertz CT molecular complexity index is 513. The van der Waals surface area contributed by atoms with Crippen LogP contribution >= 0.6 is 0 Å². The minimum Gasteiger partial charge on any atom is -0.398 e. The second kappa shape index (κ2) is 5.30. The van der Waals surface area contributed by atoms with Gasteiger partial charge in [0.15, 0.2) is 0 Å². The summed E-state index contributed by atoms with van der Waals surface area (Å²) in [4.78, 5) is 25.2. The number of likely N-dealkylation sites (tertiary alicyclic amines) is 1. The zero-order valence-corrected chi connectivity index (χ0v) is 11.3. The number of nitrogen functional groups attached to an aromatic ring is 1. The van der Waals surface area contributed by atoms with Gasteiger partial charge in [-0.25, -0.2) is 0 Å². The van der Waals surface area contributed by atoms with Crippen LogP contribution in [0, 0.1) is 6.92 Å². The van der Waals surface area contributed by atoms with Crippen LogP contribution in [0.3, 0.4) is 0 Å². The van der Waals surface area contributed by atoms with Gasteiger partial charge in [-0.3, -0.25) is 9.59 Å². The lowest BCUT2D eigenvalue weighted by Gasteiger charge is -2.30. The van der Waals surface area contributed by atoms with Gasteiger partial charge in [0.2, 0.25) is 5.91 Å². The first-order valence-corrected chi connectivity index (χ1v) is 6.39. The van der Waals surface area contributed by atoms with Crippen molar-refractivity contribution in [2.45, 2.75) is 25.8 Å². The van der Waals surface area contributed by atoms with E-state index in [4.69, 9.17) is 5.73 Å². The number of likely N-dealkylation sites (N-methyl/N-ethyl adjacent to an activating group) is 1. The van der Waals surface area contributed by atoms with E-state index in [1.807, 2.05) is 19.1 Å². The van der Waals surface area contributed by atoms with E-state index in [1.165, 1.54) is 0 Å². The van der Waals surface area contributed by atoms with Crippen molar-refractivity contribution in [2.75, 3.05) is 19.3 Å². The van der Waals surface area contributed by atoms with Crippen LogP contribution in [-0.4, -0.2) is 36.3 Å². The molecular formula is C14H19N3O2. The Kier molecular flexibility index (Phi) is 3.74. The highest BCUT2D eigenvalue weighted by Gasteiger charge is 2.24. The number of nitrogens with one attached hydrogen (secondary N) is 1. The predicted molar refractivity (Wildman–Crippen MR) is 73.7 cm³/mol. The van der Waals surface area contributed by atoms with Crippen LogP contribution in [0.5, 0.6) is 0 Å². The smallest absolute Gasteiger partial charge is 0.253 e. The van der Waals surface area contributed by atoms with Gasteiger partial charge < -0.3 is 16.0 Å². The maximum Gasteiger partial charge on any atom is 0.253 e. The lowest BCUT2D eigenvalue weighted by molar-refractivity contribution is -0.132. The van der Waals surface area contributed by atoms with Gasteiger partial charge in [-0.05, 0) is 25.0 Å². The predicted octanol–water partition coefficient (Wildman–Crippen LogP) is 0.928. The van der Waals surface area contributed by atoms with Crippen molar-refractivity contribution in [2.24, 2.45) is 0 Å². The molecule has 1 aromatic rings. The first-order valence-electron chi connectivity index (χ1n) is 6.39. The summed E-state index contributed by atoms with van der Waals surface area (Å²) in [6.07, 6.45) is 1.16. The number of aryl methyl sites for hydroxylation is 1. The van der Waals surface area contributed by atoms with E-state index in [0.29, 0.717) is 30.6 Å². The molecule has 1 heterocycles. The first-order chi connectivity index (χ1) is 8.99. The summed E-state index contributed by atoms with van der Waals surface area (Å²) in [7, 11) is 1.75. The molecular weight excluding hydrogens is 242 g/mol. The molecule has 5 nitrogen and oxygen atoms in total. The zero-order chi connectivity index (χ0) is 14.0. The molecule has 1 aliphatic rings. The van der Waals surface area contributed by atoms with E-state index >= 15 is 0 Å². The molecule has 1 saturated heterocycles. The molecule has 5 heteroatoms. The number of benzene rings is 1. The molecule has 3 N–H and O–H groups in total. The highest BCUT2D eigenvalue weighted by molar-refractivity contribution is 6.00.